The summed E-state index contributed by atoms with van der Waals surface area (Å²) >= 11 is 12.4. The third-order valence-electron chi connectivity index (χ3n) is 3.40. The molecule has 0 saturated heterocycles. The van der Waals surface area contributed by atoms with Crippen LogP contribution in [0.2, 0.25) is 10.0 Å². The number of rotatable bonds is 7. The second kappa shape index (κ2) is 10.0. The van der Waals surface area contributed by atoms with Gasteiger partial charge in [0.2, 0.25) is 6.29 Å². The van der Waals surface area contributed by atoms with E-state index in [9.17, 15) is 9.59 Å². The molecule has 0 amide bonds. The summed E-state index contributed by atoms with van der Waals surface area (Å²) < 4.78 is 14.5. The molecule has 0 aliphatic carbocycles. The van der Waals surface area contributed by atoms with Crippen LogP contribution >= 0.6 is 23.2 Å². The lowest BCUT2D eigenvalue weighted by atomic mass is 10.1. The topological polar surface area (TPSA) is 73.9 Å². The lowest BCUT2D eigenvalue weighted by Gasteiger charge is -2.16. The summed E-state index contributed by atoms with van der Waals surface area (Å²) in [6, 6.07) is 12.3. The van der Waals surface area contributed by atoms with Crippen molar-refractivity contribution in [3.05, 3.63) is 58.1 Å². The van der Waals surface area contributed by atoms with E-state index in [1.54, 1.807) is 43.3 Å². The molecule has 27 heavy (non-hydrogen) atoms. The zero-order valence-corrected chi connectivity index (χ0v) is 16.3. The standard InChI is InChI=1S/C19H19Cl2NO5/c1-3-25-19(24)27-12(2)26-17(23)11-13-7-4-5-10-16(13)22-18-14(20)8-6-9-15(18)21/h4-10,12,22H,3,11H2,1-2H3. The fourth-order valence-corrected chi connectivity index (χ4v) is 2.73. The quantitative estimate of drug-likeness (QED) is 0.489. The van der Waals surface area contributed by atoms with Gasteiger partial charge in [0.15, 0.2) is 0 Å². The summed E-state index contributed by atoms with van der Waals surface area (Å²) in [6.45, 7) is 3.25. The van der Waals surface area contributed by atoms with Crippen molar-refractivity contribution in [2.24, 2.45) is 0 Å². The summed E-state index contributed by atoms with van der Waals surface area (Å²) in [7, 11) is 0. The van der Waals surface area contributed by atoms with Crippen molar-refractivity contribution in [2.45, 2.75) is 26.6 Å². The Morgan fingerprint density at radius 1 is 1.04 bits per heavy atom. The molecule has 0 aliphatic rings. The number of esters is 1. The maximum Gasteiger partial charge on any atom is 0.511 e. The molecule has 0 saturated carbocycles. The van der Waals surface area contributed by atoms with E-state index in [4.69, 9.17) is 32.7 Å². The first-order chi connectivity index (χ1) is 12.9. The van der Waals surface area contributed by atoms with Crippen molar-refractivity contribution in [2.75, 3.05) is 11.9 Å². The van der Waals surface area contributed by atoms with Crippen molar-refractivity contribution in [1.82, 2.24) is 0 Å². The van der Waals surface area contributed by atoms with Crippen molar-refractivity contribution in [3.8, 4) is 0 Å². The molecule has 2 rings (SSSR count). The molecule has 1 N–H and O–H groups in total. The minimum absolute atomic E-state index is 0.0399. The number of hydrogen-bond donors (Lipinski definition) is 1. The average Bonchev–Trinajstić information content (AvgIpc) is 2.59. The molecule has 6 nitrogen and oxygen atoms in total. The molecule has 0 spiro atoms. The molecule has 1 atom stereocenters. The highest BCUT2D eigenvalue weighted by atomic mass is 35.5. The van der Waals surface area contributed by atoms with Gasteiger partial charge in [-0.1, -0.05) is 47.5 Å². The Balaban J connectivity index is 2.05. The number of carbonyl (C=O) groups excluding carboxylic acids is 2. The second-order valence-electron chi connectivity index (χ2n) is 5.41. The Morgan fingerprint density at radius 2 is 1.70 bits per heavy atom. The largest absolute Gasteiger partial charge is 0.511 e. The Kier molecular flexibility index (Phi) is 7.76. The smallest absolute Gasteiger partial charge is 0.435 e. The highest BCUT2D eigenvalue weighted by Gasteiger charge is 2.17. The molecule has 2 aromatic carbocycles. The van der Waals surface area contributed by atoms with Crippen molar-refractivity contribution in [1.29, 1.82) is 0 Å². The van der Waals surface area contributed by atoms with E-state index in [2.05, 4.69) is 10.1 Å². The lowest BCUT2D eigenvalue weighted by Crippen LogP contribution is -2.23. The molecule has 8 heteroatoms. The maximum atomic E-state index is 12.2. The van der Waals surface area contributed by atoms with E-state index in [1.165, 1.54) is 6.92 Å². The Hall–Kier alpha value is -2.44. The third kappa shape index (κ3) is 6.34. The van der Waals surface area contributed by atoms with E-state index in [0.717, 1.165) is 0 Å². The van der Waals surface area contributed by atoms with Crippen LogP contribution in [0.25, 0.3) is 0 Å². The molecule has 0 aromatic heterocycles. The van der Waals surface area contributed by atoms with E-state index in [1.807, 2.05) is 6.07 Å². The van der Waals surface area contributed by atoms with E-state index >= 15 is 0 Å². The summed E-state index contributed by atoms with van der Waals surface area (Å²) in [4.78, 5) is 23.4. The van der Waals surface area contributed by atoms with Crippen molar-refractivity contribution < 1.29 is 23.8 Å². The minimum Gasteiger partial charge on any atom is -0.435 e. The molecule has 2 aromatic rings. The molecular formula is C19H19Cl2NO5. The van der Waals surface area contributed by atoms with Gasteiger partial charge in [0.25, 0.3) is 0 Å². The van der Waals surface area contributed by atoms with Crippen LogP contribution in [0.4, 0.5) is 16.2 Å². The van der Waals surface area contributed by atoms with Crippen LogP contribution in [0.5, 0.6) is 0 Å². The summed E-state index contributed by atoms with van der Waals surface area (Å²) in [5, 5.41) is 4.05. The number of ether oxygens (including phenoxy) is 3. The van der Waals surface area contributed by atoms with Gasteiger partial charge >= 0.3 is 12.1 Å². The number of hydrogen-bond acceptors (Lipinski definition) is 6. The lowest BCUT2D eigenvalue weighted by molar-refractivity contribution is -0.167. The van der Waals surface area contributed by atoms with E-state index in [-0.39, 0.29) is 13.0 Å². The van der Waals surface area contributed by atoms with Crippen LogP contribution in [-0.4, -0.2) is 25.0 Å². The van der Waals surface area contributed by atoms with Crippen molar-refractivity contribution in [3.63, 3.8) is 0 Å². The average molecular weight is 412 g/mol. The van der Waals surface area contributed by atoms with Crippen LogP contribution < -0.4 is 5.32 Å². The summed E-state index contributed by atoms with van der Waals surface area (Å²) in [6.07, 6.45) is -2.00. The highest BCUT2D eigenvalue weighted by molar-refractivity contribution is 6.39. The number of anilines is 2. The summed E-state index contributed by atoms with van der Waals surface area (Å²) in [5.41, 5.74) is 1.87. The first kappa shape index (κ1) is 20.9. The highest BCUT2D eigenvalue weighted by Crippen LogP contribution is 2.33. The molecule has 1 unspecified atom stereocenters. The predicted molar refractivity (Wildman–Crippen MR) is 104 cm³/mol. The molecular weight excluding hydrogens is 393 g/mol. The van der Waals surface area contributed by atoms with Gasteiger partial charge in [-0.05, 0) is 30.7 Å². The number of halogens is 2. The number of benzene rings is 2. The molecule has 0 heterocycles. The van der Waals surface area contributed by atoms with Gasteiger partial charge in [-0.3, -0.25) is 4.79 Å². The Labute approximate surface area is 167 Å². The van der Waals surface area contributed by atoms with Crippen LogP contribution in [-0.2, 0) is 25.4 Å². The first-order valence-corrected chi connectivity index (χ1v) is 8.98. The third-order valence-corrected chi connectivity index (χ3v) is 4.03. The van der Waals surface area contributed by atoms with Crippen LogP contribution in [0.1, 0.15) is 19.4 Å². The number of carbonyl (C=O) groups is 2. The van der Waals surface area contributed by atoms with Gasteiger partial charge in [0.1, 0.15) is 0 Å². The maximum absolute atomic E-state index is 12.2. The van der Waals surface area contributed by atoms with E-state index in [0.29, 0.717) is 27.0 Å². The van der Waals surface area contributed by atoms with Gasteiger partial charge in [0, 0.05) is 12.6 Å². The molecule has 144 valence electrons. The van der Waals surface area contributed by atoms with Gasteiger partial charge in [-0.25, -0.2) is 4.79 Å². The molecule has 0 aliphatic heterocycles. The summed E-state index contributed by atoms with van der Waals surface area (Å²) in [5.74, 6) is -0.564. The van der Waals surface area contributed by atoms with Crippen LogP contribution in [0.3, 0.4) is 0 Å². The zero-order chi connectivity index (χ0) is 19.8. The second-order valence-corrected chi connectivity index (χ2v) is 6.23. The number of para-hydroxylation sites is 2. The monoisotopic (exact) mass is 411 g/mol. The molecule has 0 bridgehead atoms. The zero-order valence-electron chi connectivity index (χ0n) is 14.8. The Bertz CT molecular complexity index is 792. The van der Waals surface area contributed by atoms with Gasteiger partial charge < -0.3 is 19.5 Å². The Morgan fingerprint density at radius 3 is 2.37 bits per heavy atom. The fraction of sp³-hybridized carbons (Fsp3) is 0.263. The normalized spacial score (nSPS) is 11.4. The molecule has 0 radical (unpaired) electrons. The van der Waals surface area contributed by atoms with Gasteiger partial charge in [0.05, 0.1) is 28.8 Å². The fourth-order valence-electron chi connectivity index (χ4n) is 2.24. The van der Waals surface area contributed by atoms with Crippen molar-refractivity contribution >= 4 is 46.7 Å². The number of nitrogens with one attached hydrogen (secondary N) is 1. The van der Waals surface area contributed by atoms with Gasteiger partial charge in [-0.15, -0.1) is 0 Å². The van der Waals surface area contributed by atoms with Crippen LogP contribution in [0, 0.1) is 0 Å². The molecule has 0 fully saturated rings. The predicted octanol–water partition coefficient (Wildman–Crippen LogP) is 5.34. The van der Waals surface area contributed by atoms with E-state index < -0.39 is 18.4 Å². The van der Waals surface area contributed by atoms with Crippen LogP contribution in [0.15, 0.2) is 42.5 Å². The minimum atomic E-state index is -1.06. The first-order valence-electron chi connectivity index (χ1n) is 8.22. The SMILES string of the molecule is CCOC(=O)OC(C)OC(=O)Cc1ccccc1Nc1c(Cl)cccc1Cl. The van der Waals surface area contributed by atoms with Gasteiger partial charge in [-0.2, -0.15) is 0 Å².